The van der Waals surface area contributed by atoms with Gasteiger partial charge in [0.2, 0.25) is 5.91 Å². The number of aryl methyl sites for hydroxylation is 1. The van der Waals surface area contributed by atoms with Gasteiger partial charge in [-0.05, 0) is 41.8 Å². The monoisotopic (exact) mass is 554 g/mol. The molecular formula is C29H32F2N4O5. The van der Waals surface area contributed by atoms with Crippen LogP contribution in [0.3, 0.4) is 0 Å². The number of ether oxygens (including phenoxy) is 1. The van der Waals surface area contributed by atoms with Crippen LogP contribution in [0.15, 0.2) is 72.9 Å². The number of nitrogens with zero attached hydrogens (tertiary/aromatic N) is 2. The van der Waals surface area contributed by atoms with Crippen molar-refractivity contribution in [2.75, 3.05) is 13.7 Å². The summed E-state index contributed by atoms with van der Waals surface area (Å²) in [6, 6.07) is 16.3. The Bertz CT molecular complexity index is 1330. The van der Waals surface area contributed by atoms with Crippen molar-refractivity contribution in [1.29, 1.82) is 0 Å². The van der Waals surface area contributed by atoms with Crippen LogP contribution in [0.5, 0.6) is 5.75 Å². The Balaban J connectivity index is 1.51. The number of halogens is 2. The Kier molecular flexibility index (Phi) is 8.83. The summed E-state index contributed by atoms with van der Waals surface area (Å²) in [5, 5.41) is 16.4. The molecule has 1 saturated heterocycles. The summed E-state index contributed by atoms with van der Waals surface area (Å²) < 4.78 is 35.7. The number of likely N-dealkylation sites (tertiary alicyclic amines) is 1. The Morgan fingerprint density at radius 3 is 2.38 bits per heavy atom. The molecule has 2 heterocycles. The molecule has 2 aromatic carbocycles. The summed E-state index contributed by atoms with van der Waals surface area (Å²) in [7, 11) is 3.19. The number of nitrogens with one attached hydrogen (secondary N) is 2. The van der Waals surface area contributed by atoms with Crippen LogP contribution >= 0.6 is 0 Å². The molecule has 0 spiro atoms. The van der Waals surface area contributed by atoms with Crippen LogP contribution in [0.4, 0.5) is 8.78 Å². The first kappa shape index (κ1) is 28.8. The van der Waals surface area contributed by atoms with Gasteiger partial charge in [-0.25, -0.2) is 8.78 Å². The van der Waals surface area contributed by atoms with E-state index in [0.29, 0.717) is 27.5 Å². The number of alkyl halides is 2. The predicted molar refractivity (Wildman–Crippen MR) is 143 cm³/mol. The normalized spacial score (nSPS) is 17.6. The predicted octanol–water partition coefficient (Wildman–Crippen LogP) is 2.29. The van der Waals surface area contributed by atoms with Gasteiger partial charge in [-0.3, -0.25) is 14.4 Å². The zero-order chi connectivity index (χ0) is 28.9. The van der Waals surface area contributed by atoms with Crippen molar-refractivity contribution < 1.29 is 33.0 Å². The molecule has 40 heavy (non-hydrogen) atoms. The molecule has 0 unspecified atom stereocenters. The van der Waals surface area contributed by atoms with Crippen LogP contribution in [0.25, 0.3) is 0 Å². The molecule has 9 nitrogen and oxygen atoms in total. The molecule has 0 aliphatic carbocycles. The number of carbonyl (C=O) groups is 3. The fraction of sp³-hybridized carbons (Fsp3) is 0.345. The van der Waals surface area contributed by atoms with Crippen molar-refractivity contribution >= 4 is 17.7 Å². The Morgan fingerprint density at radius 1 is 1.05 bits per heavy atom. The van der Waals surface area contributed by atoms with Crippen LogP contribution in [0, 0.1) is 0 Å². The van der Waals surface area contributed by atoms with Gasteiger partial charge in [0.05, 0.1) is 19.7 Å². The zero-order valence-corrected chi connectivity index (χ0v) is 22.2. The first-order valence-corrected chi connectivity index (χ1v) is 12.8. The van der Waals surface area contributed by atoms with E-state index in [9.17, 15) is 28.3 Å². The number of hydrogen-bond acceptors (Lipinski definition) is 5. The second kappa shape index (κ2) is 12.3. The molecule has 11 heteroatoms. The lowest BCUT2D eigenvalue weighted by Gasteiger charge is -2.30. The van der Waals surface area contributed by atoms with E-state index in [0.717, 1.165) is 0 Å². The fourth-order valence-corrected chi connectivity index (χ4v) is 4.72. The first-order chi connectivity index (χ1) is 19.1. The molecule has 0 bridgehead atoms. The average molecular weight is 555 g/mol. The van der Waals surface area contributed by atoms with Crippen LogP contribution in [-0.2, 0) is 29.6 Å². The van der Waals surface area contributed by atoms with Gasteiger partial charge >= 0.3 is 0 Å². The summed E-state index contributed by atoms with van der Waals surface area (Å²) in [4.78, 5) is 40.1. The van der Waals surface area contributed by atoms with Crippen molar-refractivity contribution in [3.63, 3.8) is 0 Å². The third-order valence-electron chi connectivity index (χ3n) is 6.91. The first-order valence-electron chi connectivity index (χ1n) is 12.8. The summed E-state index contributed by atoms with van der Waals surface area (Å²) in [6.07, 6.45) is -1.03. The second-order valence-corrected chi connectivity index (χ2v) is 9.83. The number of methoxy groups -OCH3 is 1. The number of rotatable bonds is 10. The molecule has 1 aliphatic heterocycles. The molecule has 1 aromatic heterocycles. The highest BCUT2D eigenvalue weighted by Gasteiger charge is 2.51. The minimum atomic E-state index is -3.32. The maximum Gasteiger partial charge on any atom is 0.268 e. The largest absolute Gasteiger partial charge is 0.497 e. The molecule has 4 rings (SSSR count). The maximum absolute atomic E-state index is 14.5. The lowest BCUT2D eigenvalue weighted by atomic mass is 9.99. The highest BCUT2D eigenvalue weighted by atomic mass is 19.3. The third kappa shape index (κ3) is 6.84. The van der Waals surface area contributed by atoms with Crippen molar-refractivity contribution in [3.05, 3.63) is 89.7 Å². The van der Waals surface area contributed by atoms with E-state index in [1.165, 1.54) is 7.11 Å². The quantitative estimate of drug-likeness (QED) is 0.356. The average Bonchev–Trinajstić information content (AvgIpc) is 3.53. The van der Waals surface area contributed by atoms with Crippen LogP contribution in [-0.4, -0.2) is 70.1 Å². The maximum atomic E-state index is 14.5. The molecule has 3 atom stereocenters. The molecular weight excluding hydrogens is 522 g/mol. The summed E-state index contributed by atoms with van der Waals surface area (Å²) >= 11 is 0. The van der Waals surface area contributed by atoms with E-state index in [1.54, 1.807) is 84.5 Å². The molecule has 3 amide bonds. The van der Waals surface area contributed by atoms with Crippen LogP contribution in [0.1, 0.15) is 28.0 Å². The number of aliphatic hydroxyl groups excluding tert-OH is 1. The van der Waals surface area contributed by atoms with Gasteiger partial charge in [0.25, 0.3) is 17.7 Å². The van der Waals surface area contributed by atoms with Gasteiger partial charge in [0, 0.05) is 26.2 Å². The molecule has 212 valence electrons. The van der Waals surface area contributed by atoms with E-state index in [2.05, 4.69) is 10.6 Å². The number of aromatic nitrogens is 1. The van der Waals surface area contributed by atoms with Crippen molar-refractivity contribution in [3.8, 4) is 5.75 Å². The Hall–Kier alpha value is -4.25. The van der Waals surface area contributed by atoms with Crippen molar-refractivity contribution in [2.45, 2.75) is 43.5 Å². The topological polar surface area (TPSA) is 113 Å². The highest BCUT2D eigenvalue weighted by Crippen LogP contribution is 2.33. The molecule has 3 N–H and O–H groups in total. The van der Waals surface area contributed by atoms with E-state index in [-0.39, 0.29) is 13.0 Å². The SMILES string of the molecule is COc1ccc(CNC(=O)[C@@H]2CC(F)(F)CN2C(=O)[C@@H](O)[C@H](Cc2ccccc2)NC(=O)c2cccn2C)cc1. The van der Waals surface area contributed by atoms with Gasteiger partial charge in [-0.15, -0.1) is 0 Å². The molecule has 3 aromatic rings. The minimum Gasteiger partial charge on any atom is -0.497 e. The van der Waals surface area contributed by atoms with E-state index in [4.69, 9.17) is 4.74 Å². The lowest BCUT2D eigenvalue weighted by molar-refractivity contribution is -0.147. The van der Waals surface area contributed by atoms with Gasteiger partial charge < -0.3 is 29.9 Å². The van der Waals surface area contributed by atoms with Gasteiger partial charge in [-0.1, -0.05) is 42.5 Å². The van der Waals surface area contributed by atoms with Crippen molar-refractivity contribution in [1.82, 2.24) is 20.1 Å². The van der Waals surface area contributed by atoms with Crippen molar-refractivity contribution in [2.24, 2.45) is 7.05 Å². The van der Waals surface area contributed by atoms with Gasteiger partial charge in [-0.2, -0.15) is 0 Å². The summed E-state index contributed by atoms with van der Waals surface area (Å²) in [6.45, 7) is -0.966. The molecule has 1 fully saturated rings. The zero-order valence-electron chi connectivity index (χ0n) is 22.2. The van der Waals surface area contributed by atoms with E-state index >= 15 is 0 Å². The number of benzene rings is 2. The van der Waals surface area contributed by atoms with Gasteiger partial charge in [0.15, 0.2) is 6.10 Å². The van der Waals surface area contributed by atoms with Crippen LogP contribution in [0.2, 0.25) is 0 Å². The summed E-state index contributed by atoms with van der Waals surface area (Å²) in [5.74, 6) is -5.06. The Labute approximate surface area is 230 Å². The lowest BCUT2D eigenvalue weighted by Crippen LogP contribution is -2.56. The second-order valence-electron chi connectivity index (χ2n) is 9.83. The van der Waals surface area contributed by atoms with E-state index in [1.807, 2.05) is 0 Å². The number of hydrogen-bond donors (Lipinski definition) is 3. The Morgan fingerprint density at radius 2 is 1.75 bits per heavy atom. The van der Waals surface area contributed by atoms with Gasteiger partial charge in [0.1, 0.15) is 17.5 Å². The van der Waals surface area contributed by atoms with Crippen LogP contribution < -0.4 is 15.4 Å². The standard InChI is InChI=1S/C29H32F2N4O5/c1-34-14-6-9-23(34)27(38)33-22(15-19-7-4-3-5-8-19)25(36)28(39)35-18-29(30,31)16-24(35)26(37)32-17-20-10-12-21(40-2)13-11-20/h3-14,22,24-25,36H,15-18H2,1-2H3,(H,32,37)(H,33,38)/t22-,24-,25-/m0/s1. The summed E-state index contributed by atoms with van der Waals surface area (Å²) in [5.41, 5.74) is 1.72. The number of aliphatic hydroxyl groups is 1. The fourth-order valence-electron chi connectivity index (χ4n) is 4.72. The van der Waals surface area contributed by atoms with E-state index < -0.39 is 54.8 Å². The minimum absolute atomic E-state index is 0.0544. The third-order valence-corrected chi connectivity index (χ3v) is 6.91. The number of carbonyl (C=O) groups excluding carboxylic acids is 3. The molecule has 0 saturated carbocycles. The highest BCUT2D eigenvalue weighted by molar-refractivity contribution is 5.94. The number of amides is 3. The smallest absolute Gasteiger partial charge is 0.268 e. The molecule has 1 aliphatic rings. The molecule has 0 radical (unpaired) electrons.